The van der Waals surface area contributed by atoms with E-state index in [0.717, 1.165) is 20.3 Å². The van der Waals surface area contributed by atoms with E-state index >= 15 is 0 Å². The molecule has 0 saturated carbocycles. The van der Waals surface area contributed by atoms with Gasteiger partial charge in [0.15, 0.2) is 0 Å². The van der Waals surface area contributed by atoms with Crippen LogP contribution in [0, 0.1) is 0 Å². The zero-order chi connectivity index (χ0) is 17.2. The predicted octanol–water partition coefficient (Wildman–Crippen LogP) is 5.18. The minimum absolute atomic E-state index is 0.250. The van der Waals surface area contributed by atoms with Crippen molar-refractivity contribution in [2.45, 2.75) is 15.9 Å². The van der Waals surface area contributed by atoms with Crippen molar-refractivity contribution in [3.05, 3.63) is 57.0 Å². The lowest BCUT2D eigenvalue weighted by atomic mass is 10.1. The number of fused-ring (bicyclic) bond motifs is 1. The summed E-state index contributed by atoms with van der Waals surface area (Å²) in [5, 5.41) is 9.46. The molecule has 23 heavy (non-hydrogen) atoms. The van der Waals surface area contributed by atoms with Crippen molar-refractivity contribution in [2.24, 2.45) is 0 Å². The van der Waals surface area contributed by atoms with E-state index in [1.807, 2.05) is 30.3 Å². The van der Waals surface area contributed by atoms with Gasteiger partial charge in [0, 0.05) is 24.5 Å². The molecule has 7 heteroatoms. The number of thioether (sulfide) groups is 2. The van der Waals surface area contributed by atoms with Crippen LogP contribution in [0.1, 0.15) is 11.7 Å². The second-order valence-corrected chi connectivity index (χ2v) is 8.02. The second-order valence-electron chi connectivity index (χ2n) is 4.25. The predicted molar refractivity (Wildman–Crippen MR) is 101 cm³/mol. The van der Waals surface area contributed by atoms with E-state index in [4.69, 9.17) is 9.59 Å². The molecule has 0 spiro atoms. The van der Waals surface area contributed by atoms with Crippen molar-refractivity contribution >= 4 is 61.5 Å². The maximum absolute atomic E-state index is 9.46. The first-order valence-electron chi connectivity index (χ1n) is 6.41. The summed E-state index contributed by atoms with van der Waals surface area (Å²) in [6.45, 7) is 0. The van der Waals surface area contributed by atoms with Crippen LogP contribution in [0.4, 0.5) is 0 Å². The van der Waals surface area contributed by atoms with Crippen LogP contribution in [0.2, 0.25) is 0 Å². The van der Waals surface area contributed by atoms with E-state index < -0.39 is 0 Å². The van der Waals surface area contributed by atoms with Crippen LogP contribution in [-0.2, 0) is 9.59 Å². The molecular weight excluding hydrogens is 464 g/mol. The summed E-state index contributed by atoms with van der Waals surface area (Å²) in [6, 6.07) is 14.3. The smallest absolute Gasteiger partial charge is 0.373 e. The maximum Gasteiger partial charge on any atom is 0.373 e. The Morgan fingerprint density at radius 2 is 1.70 bits per heavy atom. The Hall–Kier alpha value is -0.560. The third kappa shape index (κ3) is 7.25. The number of aliphatic hydroxyl groups excluding tert-OH is 1. The van der Waals surface area contributed by atoms with Gasteiger partial charge < -0.3 is 5.11 Å². The highest BCUT2D eigenvalue weighted by molar-refractivity contribution is 9.10. The van der Waals surface area contributed by atoms with E-state index in [2.05, 4.69) is 50.2 Å². The van der Waals surface area contributed by atoms with E-state index in [0.29, 0.717) is 0 Å². The quantitative estimate of drug-likeness (QED) is 0.573. The number of aliphatic hydroxyl groups is 1. The first-order chi connectivity index (χ1) is 11.0. The van der Waals surface area contributed by atoms with Gasteiger partial charge in [-0.05, 0) is 54.3 Å². The fraction of sp³-hybridized carbons (Fsp3) is 0.188. The average molecular weight is 478 g/mol. The normalized spacial score (nSPS) is 14.5. The third-order valence-corrected chi connectivity index (χ3v) is 5.71. The summed E-state index contributed by atoms with van der Waals surface area (Å²) in [4.78, 5) is 18.8. The molecule has 1 aliphatic rings. The Morgan fingerprint density at radius 1 is 1.13 bits per heavy atom. The highest BCUT2D eigenvalue weighted by Crippen LogP contribution is 2.39. The molecule has 0 saturated heterocycles. The molecule has 1 heterocycles. The number of rotatable bonds is 1. The Labute approximate surface area is 160 Å². The van der Waals surface area contributed by atoms with Gasteiger partial charge in [0.25, 0.3) is 0 Å². The zero-order valence-corrected chi connectivity index (χ0v) is 17.0. The largest absolute Gasteiger partial charge is 0.387 e. The minimum atomic E-state index is -0.271. The summed E-state index contributed by atoms with van der Waals surface area (Å²) in [5.74, 6) is 0.797. The number of hydrogen-bond donors (Lipinski definition) is 1. The Morgan fingerprint density at radius 3 is 2.26 bits per heavy atom. The molecule has 0 aromatic heterocycles. The van der Waals surface area contributed by atoms with Crippen LogP contribution in [0.15, 0.2) is 61.2 Å². The average Bonchev–Trinajstić information content (AvgIpc) is 2.90. The Kier molecular flexibility index (Phi) is 9.86. The van der Waals surface area contributed by atoms with Gasteiger partial charge in [0.2, 0.25) is 0 Å². The molecule has 1 N–H and O–H groups in total. The molecule has 0 radical (unpaired) electrons. The third-order valence-electron chi connectivity index (χ3n) is 2.78. The summed E-state index contributed by atoms with van der Waals surface area (Å²) >= 11 is 10.2. The lowest BCUT2D eigenvalue weighted by Gasteiger charge is -2.01. The fourth-order valence-electron chi connectivity index (χ4n) is 1.74. The second kappa shape index (κ2) is 11.1. The van der Waals surface area contributed by atoms with Gasteiger partial charge in [-0.3, -0.25) is 0 Å². The van der Waals surface area contributed by atoms with Gasteiger partial charge in [-0.15, -0.1) is 23.5 Å². The number of carbonyl (C=O) groups excluding carboxylic acids is 2. The van der Waals surface area contributed by atoms with Crippen molar-refractivity contribution in [3.63, 3.8) is 0 Å². The Balaban J connectivity index is 0.000000200. The van der Waals surface area contributed by atoms with Gasteiger partial charge in [0.1, 0.15) is 0 Å². The molecular formula is C16H14Br2O3S2. The monoisotopic (exact) mass is 476 g/mol. The first-order valence-corrected chi connectivity index (χ1v) is 10.2. The first kappa shape index (κ1) is 20.5. The van der Waals surface area contributed by atoms with Crippen molar-refractivity contribution in [2.75, 3.05) is 12.0 Å². The van der Waals surface area contributed by atoms with E-state index in [1.54, 1.807) is 23.5 Å². The standard InChI is InChI=1S/C8H7BrOS.C7H7BrS.CO2/c9-5-1-2-8-6(3-5)7(10)4-11-8;1-9-7-4-2-6(8)3-5-7;2-1-3/h1-3,7,10H,4H2;2-5H,1H3;. The van der Waals surface area contributed by atoms with Gasteiger partial charge in [0.05, 0.1) is 6.10 Å². The number of benzene rings is 2. The van der Waals surface area contributed by atoms with Crippen molar-refractivity contribution in [3.8, 4) is 0 Å². The van der Waals surface area contributed by atoms with Gasteiger partial charge in [-0.2, -0.15) is 9.59 Å². The van der Waals surface area contributed by atoms with Crippen molar-refractivity contribution < 1.29 is 14.7 Å². The molecule has 2 aromatic carbocycles. The van der Waals surface area contributed by atoms with E-state index in [-0.39, 0.29) is 12.3 Å². The molecule has 1 unspecified atom stereocenters. The van der Waals surface area contributed by atoms with Crippen LogP contribution in [0.3, 0.4) is 0 Å². The minimum Gasteiger partial charge on any atom is -0.387 e. The lowest BCUT2D eigenvalue weighted by Crippen LogP contribution is -1.92. The summed E-state index contributed by atoms with van der Waals surface area (Å²) in [6.07, 6.45) is 2.05. The highest BCUT2D eigenvalue weighted by Gasteiger charge is 2.20. The van der Waals surface area contributed by atoms with Crippen LogP contribution >= 0.6 is 55.4 Å². The highest BCUT2D eigenvalue weighted by atomic mass is 79.9. The molecule has 0 fully saturated rings. The summed E-state index contributed by atoms with van der Waals surface area (Å²) < 4.78 is 2.18. The van der Waals surface area contributed by atoms with Gasteiger partial charge in [-0.25, -0.2) is 0 Å². The molecule has 3 nitrogen and oxygen atoms in total. The van der Waals surface area contributed by atoms with E-state index in [9.17, 15) is 5.11 Å². The summed E-state index contributed by atoms with van der Waals surface area (Å²) in [7, 11) is 0. The fourth-order valence-corrected chi connectivity index (χ4v) is 3.83. The van der Waals surface area contributed by atoms with Crippen LogP contribution in [-0.4, -0.2) is 23.3 Å². The zero-order valence-electron chi connectivity index (χ0n) is 12.2. The molecule has 0 bridgehead atoms. The summed E-state index contributed by atoms with van der Waals surface area (Å²) in [5.41, 5.74) is 1.06. The molecule has 1 aliphatic heterocycles. The maximum atomic E-state index is 9.46. The molecule has 0 amide bonds. The lowest BCUT2D eigenvalue weighted by molar-refractivity contribution is -0.191. The van der Waals surface area contributed by atoms with Crippen LogP contribution < -0.4 is 0 Å². The van der Waals surface area contributed by atoms with Crippen LogP contribution in [0.25, 0.3) is 0 Å². The van der Waals surface area contributed by atoms with Crippen molar-refractivity contribution in [1.29, 1.82) is 0 Å². The number of halogens is 2. The molecule has 122 valence electrons. The molecule has 0 aliphatic carbocycles. The molecule has 1 atom stereocenters. The van der Waals surface area contributed by atoms with Crippen molar-refractivity contribution in [1.82, 2.24) is 0 Å². The Bertz CT molecular complexity index is 657. The topological polar surface area (TPSA) is 54.4 Å². The molecule has 2 aromatic rings. The van der Waals surface area contributed by atoms with Crippen LogP contribution in [0.5, 0.6) is 0 Å². The SMILES string of the molecule is CSc1ccc(Br)cc1.O=C=O.OC1CSc2ccc(Br)cc21. The number of hydrogen-bond acceptors (Lipinski definition) is 5. The van der Waals surface area contributed by atoms with Gasteiger partial charge in [-0.1, -0.05) is 31.9 Å². The molecule has 3 rings (SSSR count). The van der Waals surface area contributed by atoms with Gasteiger partial charge >= 0.3 is 6.15 Å². The van der Waals surface area contributed by atoms with E-state index in [1.165, 1.54) is 9.79 Å².